The van der Waals surface area contributed by atoms with E-state index >= 15 is 0 Å². The highest BCUT2D eigenvalue weighted by atomic mass is 19.1. The van der Waals surface area contributed by atoms with Gasteiger partial charge in [-0.15, -0.1) is 0 Å². The van der Waals surface area contributed by atoms with Gasteiger partial charge in [-0.05, 0) is 25.9 Å². The summed E-state index contributed by atoms with van der Waals surface area (Å²) in [6, 6.07) is 0. The molecule has 1 fully saturated rings. The van der Waals surface area contributed by atoms with Crippen molar-refractivity contribution in [1.29, 1.82) is 0 Å². The minimum atomic E-state index is -1.37. The van der Waals surface area contributed by atoms with Crippen molar-refractivity contribution in [1.82, 2.24) is 10.2 Å². The first-order valence-corrected chi connectivity index (χ1v) is 3.64. The molecule has 3 N–H and O–H groups in total. The maximum Gasteiger partial charge on any atom is 0.203 e. The van der Waals surface area contributed by atoms with Crippen LogP contribution in [0.25, 0.3) is 0 Å². The molecule has 0 radical (unpaired) electrons. The summed E-state index contributed by atoms with van der Waals surface area (Å²) in [5.74, 6) is 0. The smallest absolute Gasteiger partial charge is 0.203 e. The first-order chi connectivity index (χ1) is 4.79. The van der Waals surface area contributed by atoms with E-state index < -0.39 is 6.42 Å². The van der Waals surface area contributed by atoms with Crippen molar-refractivity contribution in [2.75, 3.05) is 19.8 Å². The minimum Gasteiger partial charge on any atom is -0.291 e. The van der Waals surface area contributed by atoms with E-state index in [0.29, 0.717) is 6.67 Å². The zero-order chi connectivity index (χ0) is 7.40. The van der Waals surface area contributed by atoms with Crippen LogP contribution in [0.5, 0.6) is 0 Å². The number of rotatable bonds is 3. The van der Waals surface area contributed by atoms with Crippen molar-refractivity contribution in [2.24, 2.45) is 5.73 Å². The normalized spacial score (nSPS) is 23.4. The lowest BCUT2D eigenvalue weighted by molar-refractivity contribution is 0.216. The Kier molecular flexibility index (Phi) is 3.05. The Hall–Kier alpha value is -0.190. The fraction of sp³-hybridized carbons (Fsp3) is 1.00. The van der Waals surface area contributed by atoms with Crippen LogP contribution in [0.1, 0.15) is 12.8 Å². The molecule has 4 heteroatoms. The predicted molar refractivity (Wildman–Crippen MR) is 37.9 cm³/mol. The lowest BCUT2D eigenvalue weighted by Gasteiger charge is -2.15. The van der Waals surface area contributed by atoms with Crippen molar-refractivity contribution in [3.8, 4) is 0 Å². The molecule has 60 valence electrons. The third-order valence-electron chi connectivity index (χ3n) is 1.71. The largest absolute Gasteiger partial charge is 0.291 e. The Bertz CT molecular complexity index is 91.0. The number of hydrogen-bond donors (Lipinski definition) is 2. The molecule has 0 amide bonds. The number of likely N-dealkylation sites (tertiary alicyclic amines) is 1. The van der Waals surface area contributed by atoms with Crippen LogP contribution in [0.15, 0.2) is 0 Å². The van der Waals surface area contributed by atoms with Crippen molar-refractivity contribution >= 4 is 0 Å². The monoisotopic (exact) mass is 147 g/mol. The Labute approximate surface area is 60.4 Å². The van der Waals surface area contributed by atoms with Crippen LogP contribution in [-0.4, -0.2) is 31.1 Å². The van der Waals surface area contributed by atoms with Gasteiger partial charge < -0.3 is 0 Å². The summed E-state index contributed by atoms with van der Waals surface area (Å²) in [4.78, 5) is 2.15. The third-order valence-corrected chi connectivity index (χ3v) is 1.71. The molecule has 1 unspecified atom stereocenters. The van der Waals surface area contributed by atoms with Crippen molar-refractivity contribution in [2.45, 2.75) is 19.3 Å². The highest BCUT2D eigenvalue weighted by Gasteiger charge is 2.10. The number of nitrogens with zero attached hydrogens (tertiary/aromatic N) is 1. The summed E-state index contributed by atoms with van der Waals surface area (Å²) in [6.07, 6.45) is 1.08. The summed E-state index contributed by atoms with van der Waals surface area (Å²) < 4.78 is 12.0. The van der Waals surface area contributed by atoms with Crippen molar-refractivity contribution in [3.05, 3.63) is 0 Å². The van der Waals surface area contributed by atoms with Gasteiger partial charge in [-0.2, -0.15) is 0 Å². The molecule has 1 saturated heterocycles. The van der Waals surface area contributed by atoms with E-state index in [1.54, 1.807) is 0 Å². The van der Waals surface area contributed by atoms with Crippen LogP contribution in [-0.2, 0) is 0 Å². The number of alkyl halides is 1. The van der Waals surface area contributed by atoms with Gasteiger partial charge in [0.1, 0.15) is 0 Å². The fourth-order valence-corrected chi connectivity index (χ4v) is 1.16. The summed E-state index contributed by atoms with van der Waals surface area (Å²) in [5.41, 5.74) is 4.87. The number of halogens is 1. The first kappa shape index (κ1) is 7.91. The molecule has 3 nitrogen and oxygen atoms in total. The Morgan fingerprint density at radius 3 is 2.60 bits per heavy atom. The molecule has 1 atom stereocenters. The quantitative estimate of drug-likeness (QED) is 0.430. The topological polar surface area (TPSA) is 41.3 Å². The van der Waals surface area contributed by atoms with Gasteiger partial charge in [-0.3, -0.25) is 16.0 Å². The molecular formula is C6H14FN3. The highest BCUT2D eigenvalue weighted by Crippen LogP contribution is 2.04. The number of hydrogen-bond acceptors (Lipinski definition) is 3. The van der Waals surface area contributed by atoms with Crippen molar-refractivity contribution < 1.29 is 4.39 Å². The van der Waals surface area contributed by atoms with Crippen LogP contribution < -0.4 is 11.1 Å². The van der Waals surface area contributed by atoms with E-state index in [0.717, 1.165) is 13.1 Å². The summed E-state index contributed by atoms with van der Waals surface area (Å²) in [5, 5.41) is 2.52. The van der Waals surface area contributed by atoms with Crippen molar-refractivity contribution in [3.63, 3.8) is 0 Å². The molecule has 0 saturated carbocycles. The molecule has 1 heterocycles. The highest BCUT2D eigenvalue weighted by molar-refractivity contribution is 4.64. The maximum atomic E-state index is 12.0. The molecule has 0 aromatic carbocycles. The van der Waals surface area contributed by atoms with E-state index in [1.807, 2.05) is 0 Å². The van der Waals surface area contributed by atoms with Crippen LogP contribution >= 0.6 is 0 Å². The molecule has 0 bridgehead atoms. The van der Waals surface area contributed by atoms with Gasteiger partial charge in [0.15, 0.2) is 0 Å². The average molecular weight is 147 g/mol. The molecule has 0 aromatic heterocycles. The van der Waals surface area contributed by atoms with Gasteiger partial charge in [0.2, 0.25) is 6.42 Å². The Morgan fingerprint density at radius 1 is 1.50 bits per heavy atom. The van der Waals surface area contributed by atoms with Gasteiger partial charge in [-0.25, -0.2) is 4.39 Å². The van der Waals surface area contributed by atoms with Crippen LogP contribution in [0.4, 0.5) is 4.39 Å². The van der Waals surface area contributed by atoms with E-state index in [9.17, 15) is 4.39 Å². The van der Waals surface area contributed by atoms with Crippen LogP contribution in [0, 0.1) is 0 Å². The second kappa shape index (κ2) is 3.85. The van der Waals surface area contributed by atoms with Crippen LogP contribution in [0.2, 0.25) is 0 Å². The van der Waals surface area contributed by atoms with Gasteiger partial charge >= 0.3 is 0 Å². The van der Waals surface area contributed by atoms with E-state index in [-0.39, 0.29) is 0 Å². The number of nitrogens with one attached hydrogen (secondary N) is 1. The zero-order valence-corrected chi connectivity index (χ0v) is 6.02. The third kappa shape index (κ3) is 2.60. The number of nitrogens with two attached hydrogens (primary N) is 1. The molecular weight excluding hydrogens is 133 g/mol. The second-order valence-electron chi connectivity index (χ2n) is 2.59. The van der Waals surface area contributed by atoms with E-state index in [1.165, 1.54) is 12.8 Å². The van der Waals surface area contributed by atoms with Crippen LogP contribution in [0.3, 0.4) is 0 Å². The molecule has 0 aromatic rings. The predicted octanol–water partition coefficient (Wildman–Crippen LogP) is -0.159. The van der Waals surface area contributed by atoms with Gasteiger partial charge in [-0.1, -0.05) is 0 Å². The maximum absolute atomic E-state index is 12.0. The molecule has 0 spiro atoms. The lowest BCUT2D eigenvalue weighted by atomic mass is 10.4. The SMILES string of the molecule is NC(F)NCN1CCCC1. The summed E-state index contributed by atoms with van der Waals surface area (Å²) in [7, 11) is 0. The Balaban J connectivity index is 2.01. The second-order valence-corrected chi connectivity index (χ2v) is 2.59. The zero-order valence-electron chi connectivity index (χ0n) is 6.02. The molecule has 1 rings (SSSR count). The van der Waals surface area contributed by atoms with Gasteiger partial charge in [0.05, 0.1) is 6.67 Å². The molecule has 10 heavy (non-hydrogen) atoms. The summed E-state index contributed by atoms with van der Waals surface area (Å²) >= 11 is 0. The van der Waals surface area contributed by atoms with E-state index in [4.69, 9.17) is 5.73 Å². The first-order valence-electron chi connectivity index (χ1n) is 3.64. The fourth-order valence-electron chi connectivity index (χ4n) is 1.16. The standard InChI is InChI=1S/C6H14FN3/c7-6(8)9-5-10-3-1-2-4-10/h6,9H,1-5,8H2. The summed E-state index contributed by atoms with van der Waals surface area (Å²) in [6.45, 7) is 2.72. The van der Waals surface area contributed by atoms with Gasteiger partial charge in [0.25, 0.3) is 0 Å². The molecule has 0 aliphatic carbocycles. The average Bonchev–Trinajstić information content (AvgIpc) is 2.34. The minimum absolute atomic E-state index is 0.581. The Morgan fingerprint density at radius 2 is 2.10 bits per heavy atom. The lowest BCUT2D eigenvalue weighted by Crippen LogP contribution is -2.40. The van der Waals surface area contributed by atoms with E-state index in [2.05, 4.69) is 10.2 Å². The van der Waals surface area contributed by atoms with Gasteiger partial charge in [0, 0.05) is 0 Å². The molecule has 1 aliphatic rings. The molecule has 1 aliphatic heterocycles.